The van der Waals surface area contributed by atoms with Crippen LogP contribution in [0, 0.1) is 11.7 Å². The molecule has 1 saturated carbocycles. The average Bonchev–Trinajstić information content (AvgIpc) is 3.25. The Kier molecular flexibility index (Phi) is 4.46. The number of nitrogens with two attached hydrogens (primary N) is 1. The van der Waals surface area contributed by atoms with Crippen molar-refractivity contribution in [3.63, 3.8) is 0 Å². The molecule has 0 bridgehead atoms. The van der Waals surface area contributed by atoms with Crippen molar-refractivity contribution in [1.29, 1.82) is 0 Å². The summed E-state index contributed by atoms with van der Waals surface area (Å²) in [5, 5.41) is 3.50. The zero-order chi connectivity index (χ0) is 21.7. The Morgan fingerprint density at radius 1 is 1.16 bits per heavy atom. The monoisotopic (exact) mass is 421 g/mol. The number of pyridine rings is 1. The minimum atomic E-state index is -0.662. The van der Waals surface area contributed by atoms with Gasteiger partial charge in [0.25, 0.3) is 0 Å². The van der Waals surface area contributed by atoms with E-state index in [0.29, 0.717) is 23.0 Å². The normalized spacial score (nSPS) is 21.7. The maximum Gasteiger partial charge on any atom is 0.323 e. The molecule has 158 valence electrons. The number of halogens is 1. The number of carbonyl (C=O) groups is 3. The van der Waals surface area contributed by atoms with Gasteiger partial charge in [-0.25, -0.2) is 14.0 Å². The highest BCUT2D eigenvalue weighted by atomic mass is 19.1. The van der Waals surface area contributed by atoms with Crippen molar-refractivity contribution in [1.82, 2.24) is 14.5 Å². The Morgan fingerprint density at radius 2 is 1.97 bits per heavy atom. The number of hydrogen-bond acceptors (Lipinski definition) is 4. The summed E-state index contributed by atoms with van der Waals surface area (Å²) >= 11 is 0. The van der Waals surface area contributed by atoms with Gasteiger partial charge in [0.1, 0.15) is 5.82 Å². The van der Waals surface area contributed by atoms with E-state index in [1.165, 1.54) is 29.1 Å². The van der Waals surface area contributed by atoms with Crippen LogP contribution in [0.15, 0.2) is 48.8 Å². The van der Waals surface area contributed by atoms with Gasteiger partial charge < -0.3 is 16.0 Å². The van der Waals surface area contributed by atoms with Gasteiger partial charge in [-0.3, -0.25) is 14.3 Å². The molecular formula is C22H20FN5O3. The molecule has 8 nitrogen and oxygen atoms in total. The number of hydrogen-bond donors (Lipinski definition) is 2. The number of urea groups is 1. The molecule has 3 amide bonds. The van der Waals surface area contributed by atoms with Crippen LogP contribution in [0.2, 0.25) is 0 Å². The van der Waals surface area contributed by atoms with Crippen molar-refractivity contribution in [2.24, 2.45) is 11.7 Å². The average molecular weight is 421 g/mol. The third kappa shape index (κ3) is 3.31. The number of anilines is 1. The van der Waals surface area contributed by atoms with Crippen LogP contribution in [0.4, 0.5) is 19.7 Å². The first-order chi connectivity index (χ1) is 14.9. The van der Waals surface area contributed by atoms with E-state index in [1.807, 2.05) is 0 Å². The maximum absolute atomic E-state index is 13.9. The molecule has 1 aromatic carbocycles. The highest BCUT2D eigenvalue weighted by molar-refractivity contribution is 6.05. The van der Waals surface area contributed by atoms with Crippen molar-refractivity contribution in [2.75, 3.05) is 5.32 Å². The quantitative estimate of drug-likeness (QED) is 0.675. The topological polar surface area (TPSA) is 110 Å². The van der Waals surface area contributed by atoms with Gasteiger partial charge in [0, 0.05) is 23.8 Å². The van der Waals surface area contributed by atoms with Crippen LogP contribution in [-0.4, -0.2) is 44.4 Å². The zero-order valence-electron chi connectivity index (χ0n) is 16.5. The second-order valence-electron chi connectivity index (χ2n) is 8.00. The Labute approximate surface area is 176 Å². The summed E-state index contributed by atoms with van der Waals surface area (Å²) < 4.78 is 15.2. The molecule has 2 fully saturated rings. The van der Waals surface area contributed by atoms with Gasteiger partial charge in [0.15, 0.2) is 5.78 Å². The molecule has 3 heterocycles. The molecule has 5 rings (SSSR count). The van der Waals surface area contributed by atoms with Gasteiger partial charge in [0.05, 0.1) is 29.4 Å². The molecule has 0 spiro atoms. The lowest BCUT2D eigenvalue weighted by Gasteiger charge is -2.26. The number of ketones is 1. The van der Waals surface area contributed by atoms with Crippen molar-refractivity contribution in [3.8, 4) is 0 Å². The van der Waals surface area contributed by atoms with E-state index in [0.717, 1.165) is 6.42 Å². The molecule has 2 aromatic heterocycles. The highest BCUT2D eigenvalue weighted by Crippen LogP contribution is 2.48. The summed E-state index contributed by atoms with van der Waals surface area (Å²) in [5.41, 5.74) is 6.54. The summed E-state index contributed by atoms with van der Waals surface area (Å²) in [6.45, 7) is 0. The molecule has 9 heteroatoms. The fraction of sp³-hybridized carbons (Fsp3) is 0.273. The Hall–Kier alpha value is -3.75. The van der Waals surface area contributed by atoms with E-state index < -0.39 is 23.9 Å². The maximum atomic E-state index is 13.9. The third-order valence-electron chi connectivity index (χ3n) is 6.08. The van der Waals surface area contributed by atoms with E-state index in [2.05, 4.69) is 10.3 Å². The van der Waals surface area contributed by atoms with E-state index in [9.17, 15) is 18.8 Å². The van der Waals surface area contributed by atoms with Crippen LogP contribution < -0.4 is 11.1 Å². The molecule has 1 saturated heterocycles. The molecule has 1 aliphatic carbocycles. The van der Waals surface area contributed by atoms with Gasteiger partial charge >= 0.3 is 12.1 Å². The van der Waals surface area contributed by atoms with Gasteiger partial charge in [-0.2, -0.15) is 0 Å². The number of amides is 3. The highest BCUT2D eigenvalue weighted by Gasteiger charge is 2.56. The molecule has 1 aliphatic heterocycles. The first-order valence-electron chi connectivity index (χ1n) is 10.1. The number of rotatable bonds is 4. The lowest BCUT2D eigenvalue weighted by Crippen LogP contribution is -2.46. The predicted molar refractivity (Wildman–Crippen MR) is 111 cm³/mol. The molecule has 31 heavy (non-hydrogen) atoms. The number of para-hydroxylation sites is 1. The van der Waals surface area contributed by atoms with Gasteiger partial charge in [-0.15, -0.1) is 0 Å². The molecule has 3 aromatic rings. The number of Topliss-reactive ketones (excluding diaryl/α,β-unsaturated/α-hetero) is 1. The third-order valence-corrected chi connectivity index (χ3v) is 6.08. The number of piperidine rings is 1. The van der Waals surface area contributed by atoms with Crippen LogP contribution in [0.1, 0.15) is 18.5 Å². The summed E-state index contributed by atoms with van der Waals surface area (Å²) in [5.74, 6) is -0.492. The van der Waals surface area contributed by atoms with Crippen LogP contribution >= 0.6 is 0 Å². The molecule has 3 N–H and O–H groups in total. The SMILES string of the molecule is NC(=O)n1cc(NC(=O)N2[C@@H]3C[C@@H]3C[C@H]2C(=O)Cc2ncccc2F)c2ccccc21. The fourth-order valence-electron chi connectivity index (χ4n) is 4.51. The van der Waals surface area contributed by atoms with Gasteiger partial charge in [-0.05, 0) is 37.0 Å². The number of nitrogens with one attached hydrogen (secondary N) is 1. The smallest absolute Gasteiger partial charge is 0.323 e. The largest absolute Gasteiger partial charge is 0.351 e. The van der Waals surface area contributed by atoms with E-state index in [4.69, 9.17) is 5.73 Å². The standard InChI is InChI=1S/C22H20FN5O3/c23-14-5-3-7-25-15(14)10-20(29)19-9-12-8-18(12)28(19)22(31)26-16-11-27(21(24)30)17-6-2-1-4-13(16)17/h1-7,11-12,18-19H,8-10H2,(H2,24,30)(H,26,31)/t12-,18-,19+/m1/s1. The second-order valence-corrected chi connectivity index (χ2v) is 8.00. The lowest BCUT2D eigenvalue weighted by molar-refractivity contribution is -0.122. The number of aromatic nitrogens is 2. The second kappa shape index (κ2) is 7.19. The summed E-state index contributed by atoms with van der Waals surface area (Å²) in [6, 6.07) is 8.09. The number of carbonyl (C=O) groups excluding carboxylic acids is 3. The molecular weight excluding hydrogens is 401 g/mol. The Morgan fingerprint density at radius 3 is 2.74 bits per heavy atom. The van der Waals surface area contributed by atoms with Gasteiger partial charge in [-0.1, -0.05) is 18.2 Å². The van der Waals surface area contributed by atoms with Crippen molar-refractivity contribution in [2.45, 2.75) is 31.3 Å². The zero-order valence-corrected chi connectivity index (χ0v) is 16.5. The van der Waals surface area contributed by atoms with Crippen molar-refractivity contribution in [3.05, 3.63) is 60.3 Å². The van der Waals surface area contributed by atoms with Crippen LogP contribution in [-0.2, 0) is 11.2 Å². The van der Waals surface area contributed by atoms with Crippen LogP contribution in [0.25, 0.3) is 10.9 Å². The molecule has 2 aliphatic rings. The molecule has 0 radical (unpaired) electrons. The van der Waals surface area contributed by atoms with Crippen LogP contribution in [0.3, 0.4) is 0 Å². The summed E-state index contributed by atoms with van der Waals surface area (Å²) in [6.07, 6.45) is 4.16. The van der Waals surface area contributed by atoms with Crippen molar-refractivity contribution < 1.29 is 18.8 Å². The van der Waals surface area contributed by atoms with Gasteiger partial charge in [0.2, 0.25) is 0 Å². The minimum Gasteiger partial charge on any atom is -0.351 e. The van der Waals surface area contributed by atoms with E-state index in [1.54, 1.807) is 29.2 Å². The number of likely N-dealkylation sites (tertiary alicyclic amines) is 1. The Balaban J connectivity index is 1.39. The fourth-order valence-corrected chi connectivity index (χ4v) is 4.51. The number of fused-ring (bicyclic) bond motifs is 2. The first-order valence-corrected chi connectivity index (χ1v) is 10.1. The van der Waals surface area contributed by atoms with Crippen molar-refractivity contribution >= 4 is 34.4 Å². The minimum absolute atomic E-state index is 0.00739. The van der Waals surface area contributed by atoms with E-state index >= 15 is 0 Å². The van der Waals surface area contributed by atoms with E-state index in [-0.39, 0.29) is 29.9 Å². The molecule has 0 unspecified atom stereocenters. The number of nitrogens with zero attached hydrogens (tertiary/aromatic N) is 3. The Bertz CT molecular complexity index is 1220. The molecule has 3 atom stereocenters. The lowest BCUT2D eigenvalue weighted by atomic mass is 10.0. The first kappa shape index (κ1) is 19.2. The predicted octanol–water partition coefficient (Wildman–Crippen LogP) is 2.91. The van der Waals surface area contributed by atoms with Crippen LogP contribution in [0.5, 0.6) is 0 Å². The summed E-state index contributed by atoms with van der Waals surface area (Å²) in [4.78, 5) is 43.3. The summed E-state index contributed by atoms with van der Waals surface area (Å²) in [7, 11) is 0. The number of benzene rings is 1. The number of primary amides is 1.